The number of phenols is 1. The molecule has 0 heterocycles. The average Bonchev–Trinajstić information content (AvgIpc) is 2.35. The fourth-order valence-corrected chi connectivity index (χ4v) is 3.14. The highest BCUT2D eigenvalue weighted by molar-refractivity contribution is 7.92. The lowest BCUT2D eigenvalue weighted by molar-refractivity contribution is 0.459. The van der Waals surface area contributed by atoms with Crippen LogP contribution in [0, 0.1) is 12.7 Å². The van der Waals surface area contributed by atoms with E-state index in [-0.39, 0.29) is 21.4 Å². The molecule has 106 valence electrons. The Bertz CT molecular complexity index is 762. The van der Waals surface area contributed by atoms with E-state index >= 15 is 0 Å². The van der Waals surface area contributed by atoms with E-state index in [1.165, 1.54) is 18.2 Å². The largest absolute Gasteiger partial charge is 0.507 e. The maximum Gasteiger partial charge on any atom is 0.265 e. The number of sulfonamides is 1. The van der Waals surface area contributed by atoms with Gasteiger partial charge in [0, 0.05) is 0 Å². The highest BCUT2D eigenvalue weighted by atomic mass is 35.5. The summed E-state index contributed by atoms with van der Waals surface area (Å²) in [5, 5.41) is 9.58. The molecule has 0 unspecified atom stereocenters. The first-order chi connectivity index (χ1) is 9.29. The standard InChI is InChI=1S/C13H11ClFNO3S/c1-8-2-5-12(17)13(6-8)20(18,19)16-11-4-3-9(15)7-10(11)14/h2-7,16-17H,1H3. The van der Waals surface area contributed by atoms with E-state index in [1.54, 1.807) is 13.0 Å². The Balaban J connectivity index is 2.43. The van der Waals surface area contributed by atoms with Crippen LogP contribution in [0.4, 0.5) is 10.1 Å². The van der Waals surface area contributed by atoms with Crippen molar-refractivity contribution in [1.29, 1.82) is 0 Å². The average molecular weight is 316 g/mol. The van der Waals surface area contributed by atoms with Crippen molar-refractivity contribution in [3.05, 3.63) is 52.8 Å². The molecule has 0 bridgehead atoms. The van der Waals surface area contributed by atoms with Crippen LogP contribution in [-0.4, -0.2) is 13.5 Å². The second kappa shape index (κ2) is 5.30. The van der Waals surface area contributed by atoms with Gasteiger partial charge in [0.25, 0.3) is 10.0 Å². The Hall–Kier alpha value is -1.79. The van der Waals surface area contributed by atoms with Crippen molar-refractivity contribution in [2.45, 2.75) is 11.8 Å². The number of anilines is 1. The van der Waals surface area contributed by atoms with E-state index in [9.17, 15) is 17.9 Å². The molecule has 0 saturated carbocycles. The third kappa shape index (κ3) is 3.02. The Morgan fingerprint density at radius 1 is 1.20 bits per heavy atom. The van der Waals surface area contributed by atoms with Crippen molar-refractivity contribution >= 4 is 27.3 Å². The van der Waals surface area contributed by atoms with E-state index in [2.05, 4.69) is 4.72 Å². The van der Waals surface area contributed by atoms with Gasteiger partial charge in [-0.05, 0) is 42.8 Å². The van der Waals surface area contributed by atoms with Gasteiger partial charge in [0.15, 0.2) is 0 Å². The summed E-state index contributed by atoms with van der Waals surface area (Å²) in [5.41, 5.74) is 0.711. The lowest BCUT2D eigenvalue weighted by atomic mass is 10.2. The van der Waals surface area contributed by atoms with Crippen molar-refractivity contribution in [2.24, 2.45) is 0 Å². The van der Waals surface area contributed by atoms with Gasteiger partial charge in [0.1, 0.15) is 16.5 Å². The van der Waals surface area contributed by atoms with Crippen LogP contribution >= 0.6 is 11.6 Å². The van der Waals surface area contributed by atoms with E-state index in [1.807, 2.05) is 0 Å². The first-order valence-electron chi connectivity index (χ1n) is 5.57. The SMILES string of the molecule is Cc1ccc(O)c(S(=O)(=O)Nc2ccc(F)cc2Cl)c1. The first-order valence-corrected chi connectivity index (χ1v) is 7.43. The zero-order valence-electron chi connectivity index (χ0n) is 10.4. The van der Waals surface area contributed by atoms with Crippen LogP contribution in [0.3, 0.4) is 0 Å². The van der Waals surface area contributed by atoms with Gasteiger partial charge < -0.3 is 5.11 Å². The summed E-state index contributed by atoms with van der Waals surface area (Å²) in [4.78, 5) is -0.266. The predicted molar refractivity (Wildman–Crippen MR) is 75.1 cm³/mol. The summed E-state index contributed by atoms with van der Waals surface area (Å²) in [6, 6.07) is 7.49. The number of rotatable bonds is 3. The fraction of sp³-hybridized carbons (Fsp3) is 0.0769. The number of nitrogens with one attached hydrogen (secondary N) is 1. The number of phenolic OH excluding ortho intramolecular Hbond substituents is 1. The fourth-order valence-electron chi connectivity index (χ4n) is 1.61. The van der Waals surface area contributed by atoms with Crippen LogP contribution in [0.2, 0.25) is 5.02 Å². The molecule has 2 aromatic carbocycles. The Morgan fingerprint density at radius 3 is 2.55 bits per heavy atom. The Morgan fingerprint density at radius 2 is 1.90 bits per heavy atom. The van der Waals surface area contributed by atoms with E-state index in [0.717, 1.165) is 12.1 Å². The van der Waals surface area contributed by atoms with Gasteiger partial charge in [-0.1, -0.05) is 17.7 Å². The molecular formula is C13H11ClFNO3S. The molecule has 7 heteroatoms. The van der Waals surface area contributed by atoms with Crippen LogP contribution in [0.25, 0.3) is 0 Å². The molecular weight excluding hydrogens is 305 g/mol. The third-order valence-corrected chi connectivity index (χ3v) is 4.29. The predicted octanol–water partition coefficient (Wildman–Crippen LogP) is 3.29. The van der Waals surface area contributed by atoms with Gasteiger partial charge in [0.2, 0.25) is 0 Å². The van der Waals surface area contributed by atoms with Crippen LogP contribution in [0.15, 0.2) is 41.3 Å². The molecule has 0 aromatic heterocycles. The monoisotopic (exact) mass is 315 g/mol. The Kier molecular flexibility index (Phi) is 3.87. The van der Waals surface area contributed by atoms with Crippen LogP contribution in [0.5, 0.6) is 5.75 Å². The Labute approximate surface area is 120 Å². The molecule has 0 atom stereocenters. The van der Waals surface area contributed by atoms with Gasteiger partial charge in [-0.2, -0.15) is 0 Å². The highest BCUT2D eigenvalue weighted by Crippen LogP contribution is 2.29. The maximum atomic E-state index is 12.9. The van der Waals surface area contributed by atoms with Gasteiger partial charge in [0.05, 0.1) is 10.7 Å². The minimum atomic E-state index is -4.01. The normalized spacial score (nSPS) is 11.3. The highest BCUT2D eigenvalue weighted by Gasteiger charge is 2.20. The zero-order chi connectivity index (χ0) is 14.9. The molecule has 0 aliphatic carbocycles. The lowest BCUT2D eigenvalue weighted by Crippen LogP contribution is -2.13. The summed E-state index contributed by atoms with van der Waals surface area (Å²) >= 11 is 5.76. The zero-order valence-corrected chi connectivity index (χ0v) is 12.0. The second-order valence-corrected chi connectivity index (χ2v) is 6.26. The molecule has 20 heavy (non-hydrogen) atoms. The maximum absolute atomic E-state index is 12.9. The van der Waals surface area contributed by atoms with Gasteiger partial charge in [-0.3, -0.25) is 4.72 Å². The number of benzene rings is 2. The molecule has 0 spiro atoms. The summed E-state index contributed by atoms with van der Waals surface area (Å²) in [6.07, 6.45) is 0. The number of aryl methyl sites for hydroxylation is 1. The quantitative estimate of drug-likeness (QED) is 0.913. The molecule has 0 saturated heterocycles. The molecule has 2 rings (SSSR count). The van der Waals surface area contributed by atoms with Crippen LogP contribution in [-0.2, 0) is 10.0 Å². The number of halogens is 2. The molecule has 4 nitrogen and oxygen atoms in total. The molecule has 0 fully saturated rings. The molecule has 0 amide bonds. The van der Waals surface area contributed by atoms with Crippen molar-refractivity contribution in [1.82, 2.24) is 0 Å². The summed E-state index contributed by atoms with van der Waals surface area (Å²) < 4.78 is 39.5. The minimum Gasteiger partial charge on any atom is -0.507 e. The van der Waals surface area contributed by atoms with Crippen molar-refractivity contribution in [3.8, 4) is 5.75 Å². The molecule has 0 aliphatic heterocycles. The van der Waals surface area contributed by atoms with Gasteiger partial charge in [-0.25, -0.2) is 12.8 Å². The van der Waals surface area contributed by atoms with E-state index in [0.29, 0.717) is 5.56 Å². The molecule has 0 aliphatic rings. The third-order valence-electron chi connectivity index (χ3n) is 2.58. The minimum absolute atomic E-state index is 0.0361. The van der Waals surface area contributed by atoms with E-state index in [4.69, 9.17) is 11.6 Å². The first kappa shape index (κ1) is 14.6. The molecule has 2 aromatic rings. The van der Waals surface area contributed by atoms with Crippen LogP contribution < -0.4 is 4.72 Å². The van der Waals surface area contributed by atoms with Gasteiger partial charge >= 0.3 is 0 Å². The number of aromatic hydroxyl groups is 1. The number of hydrogen-bond acceptors (Lipinski definition) is 3. The van der Waals surface area contributed by atoms with Gasteiger partial charge in [-0.15, -0.1) is 0 Å². The van der Waals surface area contributed by atoms with Crippen molar-refractivity contribution < 1.29 is 17.9 Å². The van der Waals surface area contributed by atoms with E-state index < -0.39 is 15.8 Å². The van der Waals surface area contributed by atoms with Crippen LogP contribution in [0.1, 0.15) is 5.56 Å². The van der Waals surface area contributed by atoms with Crippen molar-refractivity contribution in [2.75, 3.05) is 4.72 Å². The molecule has 0 radical (unpaired) electrons. The summed E-state index contributed by atoms with van der Waals surface area (Å²) in [7, 11) is -4.01. The topological polar surface area (TPSA) is 66.4 Å². The summed E-state index contributed by atoms with van der Waals surface area (Å²) in [6.45, 7) is 1.70. The smallest absolute Gasteiger partial charge is 0.265 e. The number of hydrogen-bond donors (Lipinski definition) is 2. The molecule has 2 N–H and O–H groups in total. The lowest BCUT2D eigenvalue weighted by Gasteiger charge is -2.11. The van der Waals surface area contributed by atoms with Crippen molar-refractivity contribution in [3.63, 3.8) is 0 Å². The second-order valence-electron chi connectivity index (χ2n) is 4.20. The summed E-state index contributed by atoms with van der Waals surface area (Å²) in [5.74, 6) is -0.947.